The molecule has 122 valence electrons. The fraction of sp³-hybridized carbons (Fsp3) is 0.167. The number of rotatable bonds is 5. The molecule has 24 heavy (non-hydrogen) atoms. The van der Waals surface area contributed by atoms with Gasteiger partial charge in [-0.1, -0.05) is 30.3 Å². The molecular weight excluding hydrogens is 320 g/mol. The Kier molecular flexibility index (Phi) is 4.86. The van der Waals surface area contributed by atoms with E-state index < -0.39 is 0 Å². The van der Waals surface area contributed by atoms with Crippen LogP contribution in [0.15, 0.2) is 54.2 Å². The van der Waals surface area contributed by atoms with E-state index in [0.717, 1.165) is 21.8 Å². The minimum atomic E-state index is -0.150. The molecule has 1 aromatic carbocycles. The van der Waals surface area contributed by atoms with Crippen LogP contribution >= 0.6 is 11.3 Å². The normalized spacial score (nSPS) is 12.4. The second-order valence-electron chi connectivity index (χ2n) is 5.45. The van der Waals surface area contributed by atoms with Gasteiger partial charge in [-0.05, 0) is 13.0 Å². The Labute approximate surface area is 144 Å². The summed E-state index contributed by atoms with van der Waals surface area (Å²) in [5.74, 6) is -0.150. The predicted octanol–water partition coefficient (Wildman–Crippen LogP) is 3.43. The quantitative estimate of drug-likeness (QED) is 0.725. The average molecular weight is 338 g/mol. The summed E-state index contributed by atoms with van der Waals surface area (Å²) in [6, 6.07) is 9.87. The number of aromatic nitrogens is 3. The molecule has 0 radical (unpaired) electrons. The lowest BCUT2D eigenvalue weighted by Gasteiger charge is -2.08. The molecule has 3 aromatic rings. The molecule has 0 aliphatic carbocycles. The summed E-state index contributed by atoms with van der Waals surface area (Å²) in [6.07, 6.45) is 6.81. The van der Waals surface area contributed by atoms with Gasteiger partial charge in [0.15, 0.2) is 0 Å². The Morgan fingerprint density at radius 3 is 2.83 bits per heavy atom. The zero-order valence-electron chi connectivity index (χ0n) is 13.5. The first-order valence-corrected chi connectivity index (χ1v) is 8.48. The number of aryl methyl sites for hydroxylation is 1. The summed E-state index contributed by atoms with van der Waals surface area (Å²) in [4.78, 5) is 16.7. The van der Waals surface area contributed by atoms with Gasteiger partial charge in [-0.15, -0.1) is 11.3 Å². The summed E-state index contributed by atoms with van der Waals surface area (Å²) in [5.41, 5.74) is 2.90. The van der Waals surface area contributed by atoms with Crippen molar-refractivity contribution in [3.05, 3.63) is 64.8 Å². The zero-order valence-corrected chi connectivity index (χ0v) is 14.3. The Bertz CT molecular complexity index is 851. The highest BCUT2D eigenvalue weighted by molar-refractivity contribution is 7.10. The number of nitrogens with zero attached hydrogens (tertiary/aromatic N) is 3. The highest BCUT2D eigenvalue weighted by Crippen LogP contribution is 2.25. The maximum atomic E-state index is 12.0. The number of hydrogen-bond acceptors (Lipinski definition) is 4. The molecule has 1 amide bonds. The molecule has 6 heteroatoms. The van der Waals surface area contributed by atoms with Crippen LogP contribution in [0.4, 0.5) is 0 Å². The molecule has 0 spiro atoms. The van der Waals surface area contributed by atoms with E-state index in [-0.39, 0.29) is 11.9 Å². The molecule has 0 saturated carbocycles. The Balaban J connectivity index is 1.62. The van der Waals surface area contributed by atoms with Gasteiger partial charge in [0, 0.05) is 35.8 Å². The van der Waals surface area contributed by atoms with Crippen molar-refractivity contribution >= 4 is 23.3 Å². The Hall–Kier alpha value is -2.73. The standard InChI is InChI=1S/C18H18N4OS/c1-13(20-17(23)9-8-14-10-19-22(2)11-14)18-21-16(12-24-18)15-6-4-3-5-7-15/h3-13H,1-2H3,(H,20,23)/b9-8+/t13-/m1/s1. The molecule has 5 nitrogen and oxygen atoms in total. The van der Waals surface area contributed by atoms with E-state index >= 15 is 0 Å². The monoisotopic (exact) mass is 338 g/mol. The predicted molar refractivity (Wildman–Crippen MR) is 96.3 cm³/mol. The Morgan fingerprint density at radius 2 is 2.12 bits per heavy atom. The fourth-order valence-electron chi connectivity index (χ4n) is 2.25. The van der Waals surface area contributed by atoms with Crippen LogP contribution in [0, 0.1) is 0 Å². The van der Waals surface area contributed by atoms with Gasteiger partial charge in [-0.25, -0.2) is 4.98 Å². The minimum absolute atomic E-state index is 0.140. The van der Waals surface area contributed by atoms with E-state index in [0.29, 0.717) is 0 Å². The SMILES string of the molecule is C[C@@H](NC(=O)/C=C/c1cnn(C)c1)c1nc(-c2ccccc2)cs1. The lowest BCUT2D eigenvalue weighted by Crippen LogP contribution is -2.24. The molecule has 0 saturated heterocycles. The van der Waals surface area contributed by atoms with Gasteiger partial charge in [-0.3, -0.25) is 9.48 Å². The Morgan fingerprint density at radius 1 is 1.33 bits per heavy atom. The van der Waals surface area contributed by atoms with Crippen LogP contribution in [0.1, 0.15) is 23.5 Å². The van der Waals surface area contributed by atoms with Crippen LogP contribution < -0.4 is 5.32 Å². The third-order valence-corrected chi connectivity index (χ3v) is 4.50. The number of carbonyl (C=O) groups is 1. The molecule has 0 aliphatic heterocycles. The molecule has 0 bridgehead atoms. The van der Waals surface area contributed by atoms with E-state index in [1.54, 1.807) is 28.3 Å². The molecule has 2 heterocycles. The second-order valence-corrected chi connectivity index (χ2v) is 6.34. The third kappa shape index (κ3) is 3.97. The first-order valence-electron chi connectivity index (χ1n) is 7.60. The lowest BCUT2D eigenvalue weighted by atomic mass is 10.2. The maximum Gasteiger partial charge on any atom is 0.244 e. The summed E-state index contributed by atoms with van der Waals surface area (Å²) in [6.45, 7) is 1.93. The van der Waals surface area contributed by atoms with Crippen molar-refractivity contribution in [1.82, 2.24) is 20.1 Å². The van der Waals surface area contributed by atoms with Crippen molar-refractivity contribution in [3.63, 3.8) is 0 Å². The van der Waals surface area contributed by atoms with Gasteiger partial charge in [0.1, 0.15) is 5.01 Å². The van der Waals surface area contributed by atoms with Gasteiger partial charge in [0.2, 0.25) is 5.91 Å². The van der Waals surface area contributed by atoms with Crippen LogP contribution in [0.3, 0.4) is 0 Å². The van der Waals surface area contributed by atoms with Crippen molar-refractivity contribution in [3.8, 4) is 11.3 Å². The van der Waals surface area contributed by atoms with Crippen molar-refractivity contribution in [2.45, 2.75) is 13.0 Å². The van der Waals surface area contributed by atoms with Crippen molar-refractivity contribution in [2.75, 3.05) is 0 Å². The summed E-state index contributed by atoms with van der Waals surface area (Å²) < 4.78 is 1.70. The number of benzene rings is 1. The number of carbonyl (C=O) groups excluding carboxylic acids is 1. The van der Waals surface area contributed by atoms with E-state index in [1.165, 1.54) is 6.08 Å². The summed E-state index contributed by atoms with van der Waals surface area (Å²) in [5, 5.41) is 9.89. The molecule has 1 atom stereocenters. The topological polar surface area (TPSA) is 59.8 Å². The van der Waals surface area contributed by atoms with Crippen molar-refractivity contribution in [2.24, 2.45) is 7.05 Å². The summed E-state index contributed by atoms with van der Waals surface area (Å²) in [7, 11) is 1.84. The largest absolute Gasteiger partial charge is 0.344 e. The molecule has 1 N–H and O–H groups in total. The van der Waals surface area contributed by atoms with Gasteiger partial charge < -0.3 is 5.32 Å². The molecule has 0 aliphatic rings. The first-order chi connectivity index (χ1) is 11.6. The van der Waals surface area contributed by atoms with Crippen LogP contribution in [-0.4, -0.2) is 20.7 Å². The molecule has 2 aromatic heterocycles. The second kappa shape index (κ2) is 7.23. The number of amides is 1. The van der Waals surface area contributed by atoms with Crippen molar-refractivity contribution < 1.29 is 4.79 Å². The number of thiazole rings is 1. The van der Waals surface area contributed by atoms with Crippen molar-refractivity contribution in [1.29, 1.82) is 0 Å². The van der Waals surface area contributed by atoms with Gasteiger partial charge in [0.25, 0.3) is 0 Å². The molecule has 0 fully saturated rings. The summed E-state index contributed by atoms with van der Waals surface area (Å²) >= 11 is 1.55. The lowest BCUT2D eigenvalue weighted by molar-refractivity contribution is -0.117. The van der Waals surface area contributed by atoms with E-state index in [2.05, 4.69) is 15.4 Å². The highest BCUT2D eigenvalue weighted by Gasteiger charge is 2.12. The molecular formula is C18H18N4OS. The van der Waals surface area contributed by atoms with Gasteiger partial charge in [0.05, 0.1) is 17.9 Å². The third-order valence-electron chi connectivity index (χ3n) is 3.47. The fourth-order valence-corrected chi connectivity index (χ4v) is 3.08. The van der Waals surface area contributed by atoms with Gasteiger partial charge >= 0.3 is 0 Å². The smallest absolute Gasteiger partial charge is 0.244 e. The maximum absolute atomic E-state index is 12.0. The van der Waals surface area contributed by atoms with Crippen LogP contribution in [-0.2, 0) is 11.8 Å². The zero-order chi connectivity index (χ0) is 16.9. The van der Waals surface area contributed by atoms with Crippen LogP contribution in [0.5, 0.6) is 0 Å². The number of hydrogen-bond donors (Lipinski definition) is 1. The molecule has 3 rings (SSSR count). The minimum Gasteiger partial charge on any atom is -0.344 e. The van der Waals surface area contributed by atoms with Gasteiger partial charge in [-0.2, -0.15) is 5.10 Å². The average Bonchev–Trinajstić information content (AvgIpc) is 3.23. The molecule has 0 unspecified atom stereocenters. The highest BCUT2D eigenvalue weighted by atomic mass is 32.1. The first kappa shape index (κ1) is 16.1. The van der Waals surface area contributed by atoms with Crippen LogP contribution in [0.2, 0.25) is 0 Å². The number of nitrogens with one attached hydrogen (secondary N) is 1. The van der Waals surface area contributed by atoms with E-state index in [9.17, 15) is 4.79 Å². The van der Waals surface area contributed by atoms with Crippen LogP contribution in [0.25, 0.3) is 17.3 Å². The van der Waals surface area contributed by atoms with E-state index in [1.807, 2.05) is 55.9 Å². The van der Waals surface area contributed by atoms with E-state index in [4.69, 9.17) is 0 Å².